The standard InChI is InChI=1S/C13H16O4/c1-8(14)16-6-12-10-3-4-11(5-10)13(12)7-17-9(2)15/h3-4,10-11H,5-7H2,1-2H3. The summed E-state index contributed by atoms with van der Waals surface area (Å²) in [6, 6.07) is 0. The number of hydrogen-bond acceptors (Lipinski definition) is 4. The van der Waals surface area contributed by atoms with E-state index in [4.69, 9.17) is 9.47 Å². The van der Waals surface area contributed by atoms with Gasteiger partial charge in [0.25, 0.3) is 0 Å². The van der Waals surface area contributed by atoms with E-state index in [0.29, 0.717) is 25.0 Å². The number of carbonyl (C=O) groups is 2. The molecule has 92 valence electrons. The van der Waals surface area contributed by atoms with Crippen molar-refractivity contribution in [2.45, 2.75) is 20.3 Å². The van der Waals surface area contributed by atoms with Gasteiger partial charge in [-0.2, -0.15) is 0 Å². The normalized spacial score (nSPS) is 25.3. The van der Waals surface area contributed by atoms with E-state index >= 15 is 0 Å². The third kappa shape index (κ3) is 2.57. The van der Waals surface area contributed by atoms with Gasteiger partial charge in [-0.25, -0.2) is 0 Å². The monoisotopic (exact) mass is 236 g/mol. The van der Waals surface area contributed by atoms with Gasteiger partial charge in [-0.15, -0.1) is 0 Å². The molecule has 0 N–H and O–H groups in total. The summed E-state index contributed by atoms with van der Waals surface area (Å²) in [5.41, 5.74) is 2.21. The molecule has 0 heterocycles. The van der Waals surface area contributed by atoms with E-state index < -0.39 is 0 Å². The number of carbonyl (C=O) groups excluding carboxylic acids is 2. The SMILES string of the molecule is CC(=O)OCC1=C(COC(C)=O)C2C=CC1C2. The lowest BCUT2D eigenvalue weighted by Crippen LogP contribution is -2.13. The molecule has 0 aromatic heterocycles. The van der Waals surface area contributed by atoms with Gasteiger partial charge in [-0.05, 0) is 17.6 Å². The molecule has 0 spiro atoms. The number of allylic oxidation sites excluding steroid dienone is 2. The zero-order chi connectivity index (χ0) is 12.4. The second-order valence-corrected chi connectivity index (χ2v) is 4.44. The first kappa shape index (κ1) is 11.9. The topological polar surface area (TPSA) is 52.6 Å². The fourth-order valence-corrected chi connectivity index (χ4v) is 2.45. The Hall–Kier alpha value is -1.58. The highest BCUT2D eigenvalue weighted by atomic mass is 16.5. The maximum atomic E-state index is 10.8. The molecule has 0 aliphatic heterocycles. The van der Waals surface area contributed by atoms with Crippen molar-refractivity contribution in [1.82, 2.24) is 0 Å². The maximum absolute atomic E-state index is 10.8. The van der Waals surface area contributed by atoms with Gasteiger partial charge in [0.1, 0.15) is 13.2 Å². The van der Waals surface area contributed by atoms with Crippen LogP contribution in [0.5, 0.6) is 0 Å². The molecule has 0 radical (unpaired) electrons. The lowest BCUT2D eigenvalue weighted by atomic mass is 9.98. The van der Waals surface area contributed by atoms with Gasteiger partial charge >= 0.3 is 11.9 Å². The first-order valence-corrected chi connectivity index (χ1v) is 5.74. The molecule has 2 bridgehead atoms. The number of ether oxygens (including phenoxy) is 2. The van der Waals surface area contributed by atoms with Crippen molar-refractivity contribution in [3.05, 3.63) is 23.3 Å². The van der Waals surface area contributed by atoms with Gasteiger partial charge in [0.15, 0.2) is 0 Å². The maximum Gasteiger partial charge on any atom is 0.302 e. The molecule has 2 rings (SSSR count). The van der Waals surface area contributed by atoms with E-state index in [1.807, 2.05) is 0 Å². The van der Waals surface area contributed by atoms with Crippen LogP contribution in [-0.4, -0.2) is 25.2 Å². The van der Waals surface area contributed by atoms with Crippen molar-refractivity contribution in [3.8, 4) is 0 Å². The number of rotatable bonds is 4. The first-order valence-electron chi connectivity index (χ1n) is 5.74. The predicted octanol–water partition coefficient (Wildman–Crippen LogP) is 1.62. The van der Waals surface area contributed by atoms with E-state index in [9.17, 15) is 9.59 Å². The second-order valence-electron chi connectivity index (χ2n) is 4.44. The summed E-state index contributed by atoms with van der Waals surface area (Å²) in [6.07, 6.45) is 5.30. The minimum atomic E-state index is -0.281. The molecule has 0 fully saturated rings. The molecule has 0 saturated heterocycles. The highest BCUT2D eigenvalue weighted by Crippen LogP contribution is 2.43. The Balaban J connectivity index is 2.05. The fourth-order valence-electron chi connectivity index (χ4n) is 2.45. The molecular weight excluding hydrogens is 220 g/mol. The Labute approximate surface area is 100 Å². The Bertz CT molecular complexity index is 370. The van der Waals surface area contributed by atoms with Crippen LogP contribution in [0.3, 0.4) is 0 Å². The van der Waals surface area contributed by atoms with Crippen LogP contribution in [0.2, 0.25) is 0 Å². The van der Waals surface area contributed by atoms with E-state index in [1.54, 1.807) is 0 Å². The highest BCUT2D eigenvalue weighted by Gasteiger charge is 2.35. The van der Waals surface area contributed by atoms with Crippen LogP contribution >= 0.6 is 0 Å². The summed E-state index contributed by atoms with van der Waals surface area (Å²) >= 11 is 0. The lowest BCUT2D eigenvalue weighted by Gasteiger charge is -2.16. The van der Waals surface area contributed by atoms with Crippen LogP contribution in [0.4, 0.5) is 0 Å². The fraction of sp³-hybridized carbons (Fsp3) is 0.538. The van der Waals surface area contributed by atoms with Crippen LogP contribution in [0, 0.1) is 11.8 Å². The summed E-state index contributed by atoms with van der Waals surface area (Å²) < 4.78 is 10.1. The van der Waals surface area contributed by atoms with Gasteiger partial charge < -0.3 is 9.47 Å². The molecule has 2 aliphatic rings. The van der Waals surface area contributed by atoms with Crippen molar-refractivity contribution >= 4 is 11.9 Å². The van der Waals surface area contributed by atoms with Gasteiger partial charge in [0, 0.05) is 25.7 Å². The van der Waals surface area contributed by atoms with Gasteiger partial charge in [0.05, 0.1) is 0 Å². The minimum absolute atomic E-state index is 0.281. The van der Waals surface area contributed by atoms with E-state index in [-0.39, 0.29) is 11.9 Å². The summed E-state index contributed by atoms with van der Waals surface area (Å²) in [4.78, 5) is 21.7. The second kappa shape index (κ2) is 4.73. The van der Waals surface area contributed by atoms with Crippen LogP contribution in [0.1, 0.15) is 20.3 Å². The van der Waals surface area contributed by atoms with Gasteiger partial charge in [-0.3, -0.25) is 9.59 Å². The predicted molar refractivity (Wildman–Crippen MR) is 61.0 cm³/mol. The number of esters is 2. The summed E-state index contributed by atoms with van der Waals surface area (Å²) in [5, 5.41) is 0. The summed E-state index contributed by atoms with van der Waals surface area (Å²) in [6.45, 7) is 3.43. The summed E-state index contributed by atoms with van der Waals surface area (Å²) in [5.74, 6) is 0.141. The molecule has 2 aliphatic carbocycles. The molecule has 2 atom stereocenters. The van der Waals surface area contributed by atoms with Gasteiger partial charge in [0.2, 0.25) is 0 Å². The molecular formula is C13H16O4. The van der Waals surface area contributed by atoms with Crippen molar-refractivity contribution < 1.29 is 19.1 Å². The number of hydrogen-bond donors (Lipinski definition) is 0. The molecule has 17 heavy (non-hydrogen) atoms. The average Bonchev–Trinajstić information content (AvgIpc) is 2.83. The minimum Gasteiger partial charge on any atom is -0.461 e. The van der Waals surface area contributed by atoms with Gasteiger partial charge in [-0.1, -0.05) is 12.2 Å². The zero-order valence-electron chi connectivity index (χ0n) is 10.1. The third-order valence-corrected chi connectivity index (χ3v) is 3.25. The highest BCUT2D eigenvalue weighted by molar-refractivity contribution is 5.67. The molecule has 0 amide bonds. The Morgan fingerprint density at radius 2 is 1.47 bits per heavy atom. The van der Waals surface area contributed by atoms with E-state index in [0.717, 1.165) is 17.6 Å². The van der Waals surface area contributed by atoms with E-state index in [2.05, 4.69) is 12.2 Å². The molecule has 2 unspecified atom stereocenters. The smallest absolute Gasteiger partial charge is 0.302 e. The lowest BCUT2D eigenvalue weighted by molar-refractivity contribution is -0.141. The third-order valence-electron chi connectivity index (χ3n) is 3.25. The Morgan fingerprint density at radius 1 is 1.06 bits per heavy atom. The van der Waals surface area contributed by atoms with Crippen LogP contribution < -0.4 is 0 Å². The van der Waals surface area contributed by atoms with Crippen LogP contribution in [0.25, 0.3) is 0 Å². The zero-order valence-corrected chi connectivity index (χ0v) is 10.1. The van der Waals surface area contributed by atoms with Crippen molar-refractivity contribution in [2.24, 2.45) is 11.8 Å². The molecule has 0 saturated carbocycles. The van der Waals surface area contributed by atoms with Crippen molar-refractivity contribution in [3.63, 3.8) is 0 Å². The van der Waals surface area contributed by atoms with Crippen LogP contribution in [0.15, 0.2) is 23.3 Å². The number of fused-ring (bicyclic) bond motifs is 2. The molecule has 4 heteroatoms. The Morgan fingerprint density at radius 3 is 1.82 bits per heavy atom. The largest absolute Gasteiger partial charge is 0.461 e. The van der Waals surface area contributed by atoms with Crippen molar-refractivity contribution in [1.29, 1.82) is 0 Å². The van der Waals surface area contributed by atoms with E-state index in [1.165, 1.54) is 13.8 Å². The van der Waals surface area contributed by atoms with Crippen molar-refractivity contribution in [2.75, 3.05) is 13.2 Å². The quantitative estimate of drug-likeness (QED) is 0.549. The summed E-state index contributed by atoms with van der Waals surface area (Å²) in [7, 11) is 0. The molecule has 4 nitrogen and oxygen atoms in total. The van der Waals surface area contributed by atoms with Crippen LogP contribution in [-0.2, 0) is 19.1 Å². The first-order chi connectivity index (χ1) is 8.08. The molecule has 0 aromatic carbocycles. The Kier molecular flexibility index (Phi) is 3.31. The average molecular weight is 236 g/mol. The molecule has 0 aromatic rings.